The van der Waals surface area contributed by atoms with Crippen LogP contribution in [0, 0.1) is 5.92 Å². The Morgan fingerprint density at radius 1 is 1.62 bits per heavy atom. The Bertz CT molecular complexity index is 207. The van der Waals surface area contributed by atoms with E-state index in [0.29, 0.717) is 6.04 Å². The normalized spacial score (nSPS) is 35.9. The first-order valence-corrected chi connectivity index (χ1v) is 4.46. The fourth-order valence-corrected chi connectivity index (χ4v) is 1.95. The Labute approximate surface area is 106 Å². The number of likely N-dealkylation sites (tertiary alicyclic amines) is 1. The molecule has 0 saturated carbocycles. The van der Waals surface area contributed by atoms with Crippen molar-refractivity contribution in [1.82, 2.24) is 4.90 Å². The number of Topliss-reactive ketones (excluding diaryl/α,β-unsaturated/α-hetero) is 1. The monoisotopic (exact) mass is 257 g/mol. The summed E-state index contributed by atoms with van der Waals surface area (Å²) in [6.45, 7) is 8.00. The Morgan fingerprint density at radius 3 is 2.23 bits per heavy atom. The van der Waals surface area contributed by atoms with Gasteiger partial charge in [0.05, 0.1) is 0 Å². The fraction of sp³-hybridized carbons (Fsp3) is 0.800. The molecular weight excluding hydrogens is 239 g/mol. The van der Waals surface area contributed by atoms with Gasteiger partial charge in [-0.15, -0.1) is 6.04 Å². The maximum absolute atomic E-state index is 11.4. The van der Waals surface area contributed by atoms with Crippen LogP contribution in [0.4, 0.5) is 0 Å². The summed E-state index contributed by atoms with van der Waals surface area (Å²) in [5.41, 5.74) is -0.247. The van der Waals surface area contributed by atoms with E-state index in [1.165, 1.54) is 5.92 Å². The first-order chi connectivity index (χ1) is 5.39. The van der Waals surface area contributed by atoms with Crippen LogP contribution in [0.25, 0.3) is 0 Å². The molecule has 0 amide bonds. The van der Waals surface area contributed by atoms with Gasteiger partial charge in [-0.3, -0.25) is 10.7 Å². The van der Waals surface area contributed by atoms with Crippen molar-refractivity contribution in [2.75, 3.05) is 7.05 Å². The van der Waals surface area contributed by atoms with Gasteiger partial charge in [0.25, 0.3) is 0 Å². The van der Waals surface area contributed by atoms with Gasteiger partial charge in [0, 0.05) is 38.2 Å². The standard InChI is InChI=1S/C10H18NO.Y/c1-7-6-10(4,9(3)12)11(5)8(7)2;/h8H,6H2,1-5H3;/q-1;/t8-,10-;/m0./s1. The van der Waals surface area contributed by atoms with Crippen molar-refractivity contribution in [3.05, 3.63) is 5.92 Å². The van der Waals surface area contributed by atoms with Gasteiger partial charge in [0.2, 0.25) is 0 Å². The van der Waals surface area contributed by atoms with Crippen LogP contribution in [0.2, 0.25) is 0 Å². The van der Waals surface area contributed by atoms with Gasteiger partial charge in [0.1, 0.15) is 5.78 Å². The smallest absolute Gasteiger partial charge is 0.147 e. The van der Waals surface area contributed by atoms with Crippen LogP contribution in [0.1, 0.15) is 34.1 Å². The van der Waals surface area contributed by atoms with Crippen LogP contribution in [-0.2, 0) is 37.5 Å². The largest absolute Gasteiger partial charge is 0.323 e. The number of hydrogen-bond donors (Lipinski definition) is 0. The van der Waals surface area contributed by atoms with Crippen molar-refractivity contribution in [2.24, 2.45) is 0 Å². The van der Waals surface area contributed by atoms with E-state index in [4.69, 9.17) is 0 Å². The molecule has 1 aliphatic rings. The average molecular weight is 257 g/mol. The van der Waals surface area contributed by atoms with E-state index in [1.54, 1.807) is 6.92 Å². The number of ketones is 1. The second-order valence-corrected chi connectivity index (χ2v) is 4.14. The molecule has 0 spiro atoms. The zero-order valence-corrected chi connectivity index (χ0v) is 12.1. The summed E-state index contributed by atoms with van der Waals surface area (Å²) in [5, 5.41) is 0. The number of rotatable bonds is 1. The average Bonchev–Trinajstić information content (AvgIpc) is 2.17. The van der Waals surface area contributed by atoms with E-state index >= 15 is 0 Å². The third kappa shape index (κ3) is 2.22. The van der Waals surface area contributed by atoms with E-state index in [1.807, 2.05) is 14.0 Å². The minimum Gasteiger partial charge on any atom is -0.323 e. The van der Waals surface area contributed by atoms with Gasteiger partial charge in [-0.2, -0.15) is 13.3 Å². The van der Waals surface area contributed by atoms with Crippen molar-refractivity contribution in [2.45, 2.75) is 45.7 Å². The van der Waals surface area contributed by atoms with Crippen LogP contribution >= 0.6 is 0 Å². The van der Waals surface area contributed by atoms with Gasteiger partial charge >= 0.3 is 0 Å². The predicted octanol–water partition coefficient (Wildman–Crippen LogP) is 1.65. The van der Waals surface area contributed by atoms with E-state index in [0.717, 1.165) is 6.42 Å². The molecule has 0 aliphatic carbocycles. The zero-order chi connectivity index (χ0) is 9.52. The molecule has 1 saturated heterocycles. The van der Waals surface area contributed by atoms with Crippen molar-refractivity contribution in [3.63, 3.8) is 0 Å². The summed E-state index contributed by atoms with van der Waals surface area (Å²) in [6, 6.07) is 0.443. The zero-order valence-electron chi connectivity index (χ0n) is 9.22. The van der Waals surface area contributed by atoms with Crippen molar-refractivity contribution >= 4 is 5.78 Å². The number of likely N-dealkylation sites (N-methyl/N-ethyl adjacent to an activating group) is 1. The third-order valence-corrected chi connectivity index (χ3v) is 3.45. The maximum atomic E-state index is 11.4. The molecule has 3 heteroatoms. The molecule has 1 fully saturated rings. The van der Waals surface area contributed by atoms with Crippen molar-refractivity contribution < 1.29 is 37.5 Å². The van der Waals surface area contributed by atoms with Crippen molar-refractivity contribution in [3.8, 4) is 0 Å². The summed E-state index contributed by atoms with van der Waals surface area (Å²) in [6.07, 6.45) is 0.917. The third-order valence-electron chi connectivity index (χ3n) is 3.45. The maximum Gasteiger partial charge on any atom is 0.147 e. The molecule has 0 aromatic carbocycles. The minimum atomic E-state index is -0.247. The molecule has 1 radical (unpaired) electrons. The molecule has 1 aliphatic heterocycles. The number of carbonyl (C=O) groups excluding carboxylic acids is 1. The van der Waals surface area contributed by atoms with Gasteiger partial charge in [-0.25, -0.2) is 0 Å². The van der Waals surface area contributed by atoms with E-state index in [9.17, 15) is 4.79 Å². The van der Waals surface area contributed by atoms with Crippen LogP contribution < -0.4 is 0 Å². The van der Waals surface area contributed by atoms with Gasteiger partial charge in [-0.1, -0.05) is 6.92 Å². The summed E-state index contributed by atoms with van der Waals surface area (Å²) in [7, 11) is 2.03. The van der Waals surface area contributed by atoms with Crippen molar-refractivity contribution in [1.29, 1.82) is 0 Å². The Morgan fingerprint density at radius 2 is 2.08 bits per heavy atom. The summed E-state index contributed by atoms with van der Waals surface area (Å²) >= 11 is 0. The molecule has 1 heterocycles. The van der Waals surface area contributed by atoms with Crippen LogP contribution in [0.3, 0.4) is 0 Å². The molecule has 73 valence electrons. The number of nitrogens with zero attached hydrogens (tertiary/aromatic N) is 1. The Balaban J connectivity index is 0.00000144. The SMILES string of the molecule is CC(=O)[C@]1(C)C[C-](C)[C@H](C)N1C.[Y]. The van der Waals surface area contributed by atoms with Gasteiger partial charge in [0.15, 0.2) is 0 Å². The Hall–Kier alpha value is 0.734. The molecular formula is C10H18NOY-. The van der Waals surface area contributed by atoms with Gasteiger partial charge < -0.3 is 4.90 Å². The number of carbonyl (C=O) groups is 1. The van der Waals surface area contributed by atoms with Crippen LogP contribution in [0.5, 0.6) is 0 Å². The molecule has 1 rings (SSSR count). The molecule has 0 aromatic rings. The topological polar surface area (TPSA) is 20.3 Å². The number of hydrogen-bond acceptors (Lipinski definition) is 2. The molecule has 0 unspecified atom stereocenters. The van der Waals surface area contributed by atoms with Crippen LogP contribution in [-0.4, -0.2) is 29.3 Å². The summed E-state index contributed by atoms with van der Waals surface area (Å²) < 4.78 is 0. The summed E-state index contributed by atoms with van der Waals surface area (Å²) in [4.78, 5) is 13.6. The van der Waals surface area contributed by atoms with E-state index in [2.05, 4.69) is 18.7 Å². The Kier molecular flexibility index (Phi) is 4.76. The summed E-state index contributed by atoms with van der Waals surface area (Å²) in [5.74, 6) is 1.68. The second-order valence-electron chi connectivity index (χ2n) is 4.14. The molecule has 0 aromatic heterocycles. The minimum absolute atomic E-state index is 0. The van der Waals surface area contributed by atoms with Gasteiger partial charge in [-0.05, 0) is 20.9 Å². The molecule has 2 atom stereocenters. The first kappa shape index (κ1) is 13.7. The fourth-order valence-electron chi connectivity index (χ4n) is 1.95. The second kappa shape index (κ2) is 4.50. The first-order valence-electron chi connectivity index (χ1n) is 4.46. The molecule has 13 heavy (non-hydrogen) atoms. The predicted molar refractivity (Wildman–Crippen MR) is 49.8 cm³/mol. The van der Waals surface area contributed by atoms with E-state index < -0.39 is 0 Å². The quantitative estimate of drug-likeness (QED) is 0.666. The van der Waals surface area contributed by atoms with E-state index in [-0.39, 0.29) is 44.0 Å². The van der Waals surface area contributed by atoms with Crippen LogP contribution in [0.15, 0.2) is 0 Å². The molecule has 2 nitrogen and oxygen atoms in total. The molecule has 0 N–H and O–H groups in total. The molecule has 0 bridgehead atoms.